The maximum atomic E-state index is 13.5. The van der Waals surface area contributed by atoms with Gasteiger partial charge in [0.25, 0.3) is 0 Å². The first-order valence-electron chi connectivity index (χ1n) is 5.66. The lowest BCUT2D eigenvalue weighted by molar-refractivity contribution is 0.619. The molecule has 0 aliphatic carbocycles. The molecule has 2 rings (SSSR count). The smallest absolute Gasteiger partial charge is 0.138 e. The van der Waals surface area contributed by atoms with E-state index in [2.05, 4.69) is 16.9 Å². The van der Waals surface area contributed by atoms with Gasteiger partial charge in [-0.1, -0.05) is 17.9 Å². The Morgan fingerprint density at radius 1 is 1.39 bits per heavy atom. The van der Waals surface area contributed by atoms with E-state index in [0.29, 0.717) is 12.1 Å². The van der Waals surface area contributed by atoms with Crippen LogP contribution in [0.25, 0.3) is 0 Å². The molecule has 0 saturated carbocycles. The minimum absolute atomic E-state index is 0.224. The number of aryl methyl sites for hydroxylation is 1. The highest BCUT2D eigenvalue weighted by molar-refractivity contribution is 5.38. The van der Waals surface area contributed by atoms with Gasteiger partial charge in [0.1, 0.15) is 5.82 Å². The second kappa shape index (κ2) is 5.48. The molecule has 0 radical (unpaired) electrons. The average Bonchev–Trinajstić information content (AvgIpc) is 2.76. The van der Waals surface area contributed by atoms with E-state index >= 15 is 0 Å². The maximum absolute atomic E-state index is 13.5. The molecule has 0 amide bonds. The Bertz CT molecular complexity index is 605. The zero-order chi connectivity index (χ0) is 13.0. The summed E-state index contributed by atoms with van der Waals surface area (Å²) in [4.78, 5) is 0. The Morgan fingerprint density at radius 3 is 2.89 bits per heavy atom. The molecule has 0 bridgehead atoms. The largest absolute Gasteiger partial charge is 0.320 e. The quantitative estimate of drug-likeness (QED) is 0.816. The third kappa shape index (κ3) is 2.76. The molecule has 3 nitrogen and oxygen atoms in total. The zero-order valence-electron chi connectivity index (χ0n) is 10.2. The molecular formula is C14H14FN3. The summed E-state index contributed by atoms with van der Waals surface area (Å²) in [5, 5.41) is 4.19. The Hall–Kier alpha value is -2.12. The van der Waals surface area contributed by atoms with Gasteiger partial charge in [-0.25, -0.2) is 4.39 Å². The van der Waals surface area contributed by atoms with Gasteiger partial charge < -0.3 is 5.73 Å². The normalized spacial score (nSPS) is 9.94. The van der Waals surface area contributed by atoms with Crippen molar-refractivity contribution in [3.8, 4) is 11.8 Å². The SMILES string of the molecule is Cc1ccnn1Cc1ccc(F)c(C#CCN)c1. The molecule has 0 atom stereocenters. The third-order valence-corrected chi connectivity index (χ3v) is 2.62. The summed E-state index contributed by atoms with van der Waals surface area (Å²) in [6.07, 6.45) is 1.74. The van der Waals surface area contributed by atoms with Crippen molar-refractivity contribution >= 4 is 0 Å². The summed E-state index contributed by atoms with van der Waals surface area (Å²) in [5.41, 5.74) is 7.69. The van der Waals surface area contributed by atoms with Crippen molar-refractivity contribution in [2.24, 2.45) is 5.73 Å². The van der Waals surface area contributed by atoms with Crippen LogP contribution >= 0.6 is 0 Å². The van der Waals surface area contributed by atoms with Crippen molar-refractivity contribution < 1.29 is 4.39 Å². The second-order valence-corrected chi connectivity index (χ2v) is 3.95. The van der Waals surface area contributed by atoms with Crippen molar-refractivity contribution in [2.75, 3.05) is 6.54 Å². The van der Waals surface area contributed by atoms with Crippen LogP contribution < -0.4 is 5.73 Å². The van der Waals surface area contributed by atoms with Gasteiger partial charge >= 0.3 is 0 Å². The van der Waals surface area contributed by atoms with Gasteiger partial charge in [-0.15, -0.1) is 0 Å². The van der Waals surface area contributed by atoms with E-state index in [0.717, 1.165) is 11.3 Å². The summed E-state index contributed by atoms with van der Waals surface area (Å²) >= 11 is 0. The van der Waals surface area contributed by atoms with Crippen LogP contribution in [0.4, 0.5) is 4.39 Å². The molecule has 2 N–H and O–H groups in total. The number of benzene rings is 1. The fourth-order valence-electron chi connectivity index (χ4n) is 1.65. The minimum Gasteiger partial charge on any atom is -0.320 e. The molecular weight excluding hydrogens is 229 g/mol. The van der Waals surface area contributed by atoms with Crippen LogP contribution in [-0.2, 0) is 6.54 Å². The Morgan fingerprint density at radius 2 is 2.22 bits per heavy atom. The molecule has 2 aromatic rings. The number of hydrogen-bond donors (Lipinski definition) is 1. The van der Waals surface area contributed by atoms with Crippen molar-refractivity contribution in [1.82, 2.24) is 9.78 Å². The number of halogens is 1. The molecule has 1 aromatic heterocycles. The van der Waals surface area contributed by atoms with Crippen molar-refractivity contribution in [3.05, 3.63) is 53.1 Å². The molecule has 18 heavy (non-hydrogen) atoms. The van der Waals surface area contributed by atoms with Crippen LogP contribution in [0.3, 0.4) is 0 Å². The number of rotatable bonds is 2. The van der Waals surface area contributed by atoms with E-state index < -0.39 is 0 Å². The topological polar surface area (TPSA) is 43.8 Å². The molecule has 0 aliphatic rings. The highest BCUT2D eigenvalue weighted by atomic mass is 19.1. The number of hydrogen-bond acceptors (Lipinski definition) is 2. The molecule has 1 aromatic carbocycles. The predicted octanol–water partition coefficient (Wildman–Crippen LogP) is 1.69. The lowest BCUT2D eigenvalue weighted by Crippen LogP contribution is -2.04. The monoisotopic (exact) mass is 243 g/mol. The number of nitrogens with zero attached hydrogens (tertiary/aromatic N) is 2. The van der Waals surface area contributed by atoms with Crippen LogP contribution in [0, 0.1) is 24.6 Å². The van der Waals surface area contributed by atoms with Crippen LogP contribution in [0.1, 0.15) is 16.8 Å². The summed E-state index contributed by atoms with van der Waals surface area (Å²) in [6.45, 7) is 2.81. The summed E-state index contributed by atoms with van der Waals surface area (Å²) in [6, 6.07) is 6.83. The maximum Gasteiger partial charge on any atom is 0.138 e. The molecule has 0 fully saturated rings. The summed E-state index contributed by atoms with van der Waals surface area (Å²) in [7, 11) is 0. The number of aromatic nitrogens is 2. The van der Waals surface area contributed by atoms with Gasteiger partial charge in [-0.2, -0.15) is 5.10 Å². The van der Waals surface area contributed by atoms with E-state index in [1.165, 1.54) is 6.07 Å². The van der Waals surface area contributed by atoms with E-state index in [-0.39, 0.29) is 12.4 Å². The molecule has 92 valence electrons. The van der Waals surface area contributed by atoms with Gasteiger partial charge in [-0.3, -0.25) is 4.68 Å². The van der Waals surface area contributed by atoms with E-state index in [4.69, 9.17) is 5.73 Å². The Kier molecular flexibility index (Phi) is 3.75. The van der Waals surface area contributed by atoms with Crippen LogP contribution in [0.5, 0.6) is 0 Å². The molecule has 0 unspecified atom stereocenters. The first-order chi connectivity index (χ1) is 8.70. The first kappa shape index (κ1) is 12.3. The van der Waals surface area contributed by atoms with Crippen molar-refractivity contribution in [3.63, 3.8) is 0 Å². The fourth-order valence-corrected chi connectivity index (χ4v) is 1.65. The molecule has 0 saturated heterocycles. The average molecular weight is 243 g/mol. The minimum atomic E-state index is -0.322. The molecule has 1 heterocycles. The van der Waals surface area contributed by atoms with Crippen molar-refractivity contribution in [2.45, 2.75) is 13.5 Å². The van der Waals surface area contributed by atoms with Gasteiger partial charge in [0.15, 0.2) is 0 Å². The van der Waals surface area contributed by atoms with Gasteiger partial charge in [0.05, 0.1) is 18.7 Å². The molecule has 4 heteroatoms. The summed E-state index contributed by atoms with van der Waals surface area (Å²) < 4.78 is 15.3. The van der Waals surface area contributed by atoms with Gasteiger partial charge in [0.2, 0.25) is 0 Å². The van der Waals surface area contributed by atoms with E-state index in [1.54, 1.807) is 18.3 Å². The second-order valence-electron chi connectivity index (χ2n) is 3.95. The van der Waals surface area contributed by atoms with E-state index in [9.17, 15) is 4.39 Å². The Labute approximate surface area is 105 Å². The summed E-state index contributed by atoms with van der Waals surface area (Å²) in [5.74, 6) is 5.06. The lowest BCUT2D eigenvalue weighted by atomic mass is 10.1. The zero-order valence-corrected chi connectivity index (χ0v) is 10.2. The highest BCUT2D eigenvalue weighted by Crippen LogP contribution is 2.11. The van der Waals surface area contributed by atoms with Crippen LogP contribution in [0.15, 0.2) is 30.5 Å². The molecule has 0 spiro atoms. The van der Waals surface area contributed by atoms with Gasteiger partial charge in [-0.05, 0) is 30.7 Å². The first-order valence-corrected chi connectivity index (χ1v) is 5.66. The Balaban J connectivity index is 2.27. The molecule has 0 aliphatic heterocycles. The highest BCUT2D eigenvalue weighted by Gasteiger charge is 2.03. The number of nitrogens with two attached hydrogens (primary N) is 1. The third-order valence-electron chi connectivity index (χ3n) is 2.62. The van der Waals surface area contributed by atoms with Crippen LogP contribution in [-0.4, -0.2) is 16.3 Å². The van der Waals surface area contributed by atoms with Gasteiger partial charge in [0, 0.05) is 11.9 Å². The standard InChI is InChI=1S/C14H14FN3/c1-11-6-8-17-18(11)10-12-4-5-14(15)13(9-12)3-2-7-16/h4-6,8-9H,7,10,16H2,1H3. The van der Waals surface area contributed by atoms with Crippen molar-refractivity contribution in [1.29, 1.82) is 0 Å². The fraction of sp³-hybridized carbons (Fsp3) is 0.214. The predicted molar refractivity (Wildman–Crippen MR) is 68.4 cm³/mol. The lowest BCUT2D eigenvalue weighted by Gasteiger charge is -2.05. The van der Waals surface area contributed by atoms with Crippen LogP contribution in [0.2, 0.25) is 0 Å². The van der Waals surface area contributed by atoms with E-state index in [1.807, 2.05) is 17.7 Å².